The third-order valence-electron chi connectivity index (χ3n) is 3.77. The van der Waals surface area contributed by atoms with Gasteiger partial charge in [0.15, 0.2) is 0 Å². The second-order valence-electron chi connectivity index (χ2n) is 5.80. The minimum Gasteiger partial charge on any atom is -0.508 e. The number of halogens is 2. The van der Waals surface area contributed by atoms with E-state index >= 15 is 0 Å². The highest BCUT2D eigenvalue weighted by molar-refractivity contribution is 9.10. The van der Waals surface area contributed by atoms with Gasteiger partial charge in [0.25, 0.3) is 5.91 Å². The van der Waals surface area contributed by atoms with Gasteiger partial charge < -0.3 is 9.84 Å². The topological polar surface area (TPSA) is 88.0 Å². The molecule has 0 unspecified atom stereocenters. The molecule has 0 aromatic heterocycles. The van der Waals surface area contributed by atoms with Gasteiger partial charge in [-0.2, -0.15) is 5.10 Å². The Morgan fingerprint density at radius 2 is 1.79 bits per heavy atom. The second-order valence-corrected chi connectivity index (χ2v) is 7.12. The first kappa shape index (κ1) is 20.6. The van der Waals surface area contributed by atoms with Crippen molar-refractivity contribution in [3.8, 4) is 11.5 Å². The van der Waals surface area contributed by atoms with Crippen LogP contribution in [0.5, 0.6) is 11.5 Å². The van der Waals surface area contributed by atoms with Crippen molar-refractivity contribution in [1.82, 2.24) is 5.43 Å². The second kappa shape index (κ2) is 9.36. The lowest BCUT2D eigenvalue weighted by Gasteiger charge is -2.09. The van der Waals surface area contributed by atoms with E-state index in [1.54, 1.807) is 42.5 Å². The van der Waals surface area contributed by atoms with Crippen LogP contribution in [0.1, 0.15) is 26.3 Å². The highest BCUT2D eigenvalue weighted by atomic mass is 79.9. The van der Waals surface area contributed by atoms with Gasteiger partial charge in [-0.05, 0) is 54.6 Å². The van der Waals surface area contributed by atoms with Gasteiger partial charge in [0, 0.05) is 15.6 Å². The number of carbonyl (C=O) groups is 2. The zero-order valence-electron chi connectivity index (χ0n) is 14.8. The zero-order chi connectivity index (χ0) is 20.8. The largest absolute Gasteiger partial charge is 0.508 e. The smallest absolute Gasteiger partial charge is 0.345 e. The number of nitrogens with one attached hydrogen (secondary N) is 1. The Bertz CT molecular complexity index is 1080. The predicted molar refractivity (Wildman–Crippen MR) is 114 cm³/mol. The molecule has 2 N–H and O–H groups in total. The minimum absolute atomic E-state index is 0.0594. The third kappa shape index (κ3) is 5.43. The Balaban J connectivity index is 1.75. The van der Waals surface area contributed by atoms with E-state index in [9.17, 15) is 14.7 Å². The van der Waals surface area contributed by atoms with Crippen LogP contribution in [-0.2, 0) is 0 Å². The van der Waals surface area contributed by atoms with Crippen molar-refractivity contribution in [3.05, 3.63) is 92.9 Å². The molecule has 29 heavy (non-hydrogen) atoms. The Kier molecular flexibility index (Phi) is 6.64. The molecule has 0 heterocycles. The number of hydrogen-bond acceptors (Lipinski definition) is 5. The summed E-state index contributed by atoms with van der Waals surface area (Å²) in [5, 5.41) is 13.5. The average molecular weight is 474 g/mol. The van der Waals surface area contributed by atoms with Gasteiger partial charge >= 0.3 is 5.97 Å². The van der Waals surface area contributed by atoms with Crippen LogP contribution in [0, 0.1) is 0 Å². The summed E-state index contributed by atoms with van der Waals surface area (Å²) < 4.78 is 6.18. The number of esters is 1. The van der Waals surface area contributed by atoms with E-state index in [0.29, 0.717) is 11.1 Å². The van der Waals surface area contributed by atoms with Crippen LogP contribution in [0.25, 0.3) is 0 Å². The number of phenols is 1. The maximum Gasteiger partial charge on any atom is 0.345 e. The molecule has 146 valence electrons. The summed E-state index contributed by atoms with van der Waals surface area (Å²) in [6, 6.07) is 17.3. The normalized spacial score (nSPS) is 10.7. The fourth-order valence-corrected chi connectivity index (χ4v) is 2.92. The number of hydrazone groups is 1. The number of benzene rings is 3. The van der Waals surface area contributed by atoms with E-state index in [1.807, 2.05) is 0 Å². The summed E-state index contributed by atoms with van der Waals surface area (Å²) in [4.78, 5) is 24.5. The van der Waals surface area contributed by atoms with Crippen molar-refractivity contribution in [3.63, 3.8) is 0 Å². The van der Waals surface area contributed by atoms with E-state index in [4.69, 9.17) is 16.3 Å². The highest BCUT2D eigenvalue weighted by Crippen LogP contribution is 2.24. The van der Waals surface area contributed by atoms with Crippen LogP contribution in [0.2, 0.25) is 5.02 Å². The fraction of sp³-hybridized carbons (Fsp3) is 0. The number of carbonyl (C=O) groups excluding carboxylic acids is 2. The van der Waals surface area contributed by atoms with Crippen molar-refractivity contribution in [2.24, 2.45) is 5.10 Å². The van der Waals surface area contributed by atoms with Crippen molar-refractivity contribution in [2.75, 3.05) is 0 Å². The molecule has 0 aliphatic heterocycles. The van der Waals surface area contributed by atoms with E-state index in [0.717, 1.165) is 4.47 Å². The molecule has 0 aliphatic carbocycles. The molecule has 3 rings (SSSR count). The zero-order valence-corrected chi connectivity index (χ0v) is 17.1. The lowest BCUT2D eigenvalue weighted by Crippen LogP contribution is -2.17. The van der Waals surface area contributed by atoms with Gasteiger partial charge in [0.1, 0.15) is 11.5 Å². The first-order valence-electron chi connectivity index (χ1n) is 8.33. The SMILES string of the molecule is O=C(N/N=C\c1cc(Br)ccc1OC(=O)c1ccccc1Cl)c1ccc(O)cc1. The molecule has 0 spiro atoms. The van der Waals surface area contributed by atoms with E-state index < -0.39 is 11.9 Å². The number of aromatic hydroxyl groups is 1. The molecule has 0 aliphatic rings. The number of hydrogen-bond donors (Lipinski definition) is 2. The van der Waals surface area contributed by atoms with Gasteiger partial charge in [-0.1, -0.05) is 39.7 Å². The average Bonchev–Trinajstić information content (AvgIpc) is 2.70. The molecule has 8 heteroatoms. The maximum absolute atomic E-state index is 12.4. The number of rotatable bonds is 5. The molecule has 0 bridgehead atoms. The Morgan fingerprint density at radius 1 is 1.07 bits per heavy atom. The molecule has 6 nitrogen and oxygen atoms in total. The van der Waals surface area contributed by atoms with Gasteiger partial charge in [0.2, 0.25) is 0 Å². The lowest BCUT2D eigenvalue weighted by atomic mass is 10.2. The Labute approximate surface area is 179 Å². The van der Waals surface area contributed by atoms with Gasteiger partial charge in [-0.15, -0.1) is 0 Å². The quantitative estimate of drug-likeness (QED) is 0.241. The molecule has 3 aromatic carbocycles. The van der Waals surface area contributed by atoms with Crippen LogP contribution in [0.4, 0.5) is 0 Å². The summed E-state index contributed by atoms with van der Waals surface area (Å²) >= 11 is 9.39. The summed E-state index contributed by atoms with van der Waals surface area (Å²) in [5.74, 6) is -0.753. The minimum atomic E-state index is -0.610. The molecular formula is C21H14BrClN2O4. The number of amides is 1. The fourth-order valence-electron chi connectivity index (χ4n) is 2.33. The summed E-state index contributed by atoms with van der Waals surface area (Å²) in [6.45, 7) is 0. The van der Waals surface area contributed by atoms with Gasteiger partial charge in [-0.3, -0.25) is 4.79 Å². The molecular weight excluding hydrogens is 460 g/mol. The first-order chi connectivity index (χ1) is 13.9. The predicted octanol–water partition coefficient (Wildman–Crippen LogP) is 4.79. The highest BCUT2D eigenvalue weighted by Gasteiger charge is 2.14. The molecule has 1 amide bonds. The van der Waals surface area contributed by atoms with Gasteiger partial charge in [-0.25, -0.2) is 10.2 Å². The molecule has 3 aromatic rings. The van der Waals surface area contributed by atoms with E-state index in [1.165, 1.54) is 30.5 Å². The van der Waals surface area contributed by atoms with Crippen molar-refractivity contribution < 1.29 is 19.4 Å². The maximum atomic E-state index is 12.4. The molecule has 0 saturated carbocycles. The van der Waals surface area contributed by atoms with Crippen LogP contribution in [0.15, 0.2) is 76.3 Å². The van der Waals surface area contributed by atoms with Crippen LogP contribution >= 0.6 is 27.5 Å². The summed E-state index contributed by atoms with van der Waals surface area (Å²) in [6.07, 6.45) is 1.36. The molecule has 0 fully saturated rings. The number of phenolic OH excluding ortho intramolecular Hbond substituents is 1. The van der Waals surface area contributed by atoms with Gasteiger partial charge in [0.05, 0.1) is 16.8 Å². The standard InChI is InChI=1S/C21H14BrClN2O4/c22-15-7-10-19(29-21(28)17-3-1-2-4-18(17)23)14(11-15)12-24-25-20(27)13-5-8-16(26)9-6-13/h1-12,26H,(H,25,27)/b24-12-. The molecule has 0 saturated heterocycles. The van der Waals surface area contributed by atoms with Crippen LogP contribution in [-0.4, -0.2) is 23.2 Å². The molecule has 0 radical (unpaired) electrons. The Morgan fingerprint density at radius 3 is 2.52 bits per heavy atom. The van der Waals surface area contributed by atoms with Crippen molar-refractivity contribution >= 4 is 45.6 Å². The van der Waals surface area contributed by atoms with Crippen LogP contribution < -0.4 is 10.2 Å². The van der Waals surface area contributed by atoms with Crippen molar-refractivity contribution in [2.45, 2.75) is 0 Å². The van der Waals surface area contributed by atoms with E-state index in [2.05, 4.69) is 26.5 Å². The molecule has 0 atom stereocenters. The van der Waals surface area contributed by atoms with Crippen molar-refractivity contribution in [1.29, 1.82) is 0 Å². The summed E-state index contributed by atoms with van der Waals surface area (Å²) in [5.41, 5.74) is 3.41. The monoisotopic (exact) mass is 472 g/mol. The lowest BCUT2D eigenvalue weighted by molar-refractivity contribution is 0.0734. The first-order valence-corrected chi connectivity index (χ1v) is 9.50. The summed E-state index contributed by atoms with van der Waals surface area (Å²) in [7, 11) is 0. The van der Waals surface area contributed by atoms with Crippen LogP contribution in [0.3, 0.4) is 0 Å². The van der Waals surface area contributed by atoms with E-state index in [-0.39, 0.29) is 22.1 Å². The Hall–Kier alpha value is -3.16. The number of nitrogens with zero attached hydrogens (tertiary/aromatic N) is 1. The third-order valence-corrected chi connectivity index (χ3v) is 4.59. The number of ether oxygens (including phenoxy) is 1.